The molecular weight excluding hydrogens is 314 g/mol. The van der Waals surface area contributed by atoms with Crippen LogP contribution in [-0.2, 0) is 0 Å². The average Bonchev–Trinajstić information content (AvgIpc) is 2.22. The molecule has 0 aliphatic rings. The molecule has 0 N–H and O–H groups in total. The summed E-state index contributed by atoms with van der Waals surface area (Å²) >= 11 is 10.6. The molecule has 0 radical (unpaired) electrons. The van der Waals surface area contributed by atoms with Gasteiger partial charge in [0.25, 0.3) is 5.69 Å². The van der Waals surface area contributed by atoms with Gasteiger partial charge in [0.1, 0.15) is 0 Å². The van der Waals surface area contributed by atoms with Crippen molar-refractivity contribution >= 4 is 45.0 Å². The largest absolute Gasteiger partial charge is 0.273 e. The molecule has 6 heteroatoms. The minimum absolute atomic E-state index is 0.147. The molecule has 0 amide bonds. The summed E-state index contributed by atoms with van der Waals surface area (Å²) in [5, 5.41) is 10.7. The molecule has 0 heterocycles. The van der Waals surface area contributed by atoms with Gasteiger partial charge < -0.3 is 0 Å². The Kier molecular flexibility index (Phi) is 5.58. The van der Waals surface area contributed by atoms with E-state index in [0.29, 0.717) is 11.4 Å². The summed E-state index contributed by atoms with van der Waals surface area (Å²) in [5.74, 6) is 1.55. The van der Waals surface area contributed by atoms with Gasteiger partial charge in [0.15, 0.2) is 0 Å². The molecule has 0 saturated carbocycles. The highest BCUT2D eigenvalue weighted by molar-refractivity contribution is 9.10. The van der Waals surface area contributed by atoms with Gasteiger partial charge in [-0.15, -0.1) is 23.4 Å². The van der Waals surface area contributed by atoms with E-state index in [1.807, 2.05) is 6.07 Å². The van der Waals surface area contributed by atoms with Gasteiger partial charge in [-0.3, -0.25) is 10.1 Å². The van der Waals surface area contributed by atoms with Gasteiger partial charge in [0.2, 0.25) is 0 Å². The number of nitrogens with zero attached hydrogens (tertiary/aromatic N) is 1. The molecule has 1 aromatic rings. The first-order chi connectivity index (χ1) is 7.56. The summed E-state index contributed by atoms with van der Waals surface area (Å²) in [6, 6.07) is 3.39. The second-order valence-electron chi connectivity index (χ2n) is 3.22. The Bertz CT molecular complexity index is 401. The summed E-state index contributed by atoms with van der Waals surface area (Å²) in [4.78, 5) is 11.4. The van der Waals surface area contributed by atoms with E-state index in [4.69, 9.17) is 11.6 Å². The first-order valence-corrected chi connectivity index (χ1v) is 7.01. The molecule has 16 heavy (non-hydrogen) atoms. The van der Waals surface area contributed by atoms with Crippen molar-refractivity contribution in [3.63, 3.8) is 0 Å². The highest BCUT2D eigenvalue weighted by Crippen LogP contribution is 2.33. The van der Waals surface area contributed by atoms with Gasteiger partial charge in [0.05, 0.1) is 4.92 Å². The Labute approximate surface area is 112 Å². The van der Waals surface area contributed by atoms with Crippen molar-refractivity contribution in [3.8, 4) is 0 Å². The van der Waals surface area contributed by atoms with Gasteiger partial charge in [-0.25, -0.2) is 0 Å². The molecule has 0 aliphatic heterocycles. The van der Waals surface area contributed by atoms with Crippen molar-refractivity contribution in [3.05, 3.63) is 32.3 Å². The van der Waals surface area contributed by atoms with Gasteiger partial charge in [-0.1, -0.05) is 0 Å². The maximum atomic E-state index is 10.7. The molecule has 0 aliphatic carbocycles. The molecule has 0 spiro atoms. The van der Waals surface area contributed by atoms with Gasteiger partial charge in [0, 0.05) is 26.9 Å². The third kappa shape index (κ3) is 3.64. The van der Waals surface area contributed by atoms with E-state index < -0.39 is 0 Å². The monoisotopic (exact) mass is 323 g/mol. The van der Waals surface area contributed by atoms with Crippen molar-refractivity contribution in [2.45, 2.75) is 18.2 Å². The molecule has 0 aromatic heterocycles. The lowest BCUT2D eigenvalue weighted by Gasteiger charge is -2.05. The highest BCUT2D eigenvalue weighted by atomic mass is 79.9. The van der Waals surface area contributed by atoms with Crippen LogP contribution in [0.25, 0.3) is 0 Å². The Morgan fingerprint density at radius 1 is 1.56 bits per heavy atom. The molecule has 88 valence electrons. The number of rotatable bonds is 5. The van der Waals surface area contributed by atoms with Crippen LogP contribution >= 0.6 is 39.3 Å². The lowest BCUT2D eigenvalue weighted by Crippen LogP contribution is -1.93. The van der Waals surface area contributed by atoms with Crippen molar-refractivity contribution in [1.29, 1.82) is 0 Å². The second kappa shape index (κ2) is 6.47. The van der Waals surface area contributed by atoms with Crippen LogP contribution in [0, 0.1) is 17.0 Å². The first-order valence-electron chi connectivity index (χ1n) is 4.69. The van der Waals surface area contributed by atoms with Crippen molar-refractivity contribution < 1.29 is 4.92 Å². The minimum Gasteiger partial charge on any atom is -0.258 e. The Morgan fingerprint density at radius 2 is 2.25 bits per heavy atom. The number of alkyl halides is 1. The maximum Gasteiger partial charge on any atom is 0.273 e. The Morgan fingerprint density at radius 3 is 2.81 bits per heavy atom. The van der Waals surface area contributed by atoms with Crippen LogP contribution in [0.2, 0.25) is 0 Å². The van der Waals surface area contributed by atoms with Crippen molar-refractivity contribution in [2.75, 3.05) is 11.6 Å². The summed E-state index contributed by atoms with van der Waals surface area (Å²) in [7, 11) is 0. The highest BCUT2D eigenvalue weighted by Gasteiger charge is 2.14. The minimum atomic E-state index is -0.368. The number of aryl methyl sites for hydroxylation is 1. The van der Waals surface area contributed by atoms with Gasteiger partial charge in [-0.2, -0.15) is 0 Å². The lowest BCUT2D eigenvalue weighted by atomic mass is 10.2. The van der Waals surface area contributed by atoms with E-state index in [2.05, 4.69) is 15.9 Å². The third-order valence-corrected chi connectivity index (χ3v) is 4.31. The zero-order valence-corrected chi connectivity index (χ0v) is 11.9. The van der Waals surface area contributed by atoms with Gasteiger partial charge >= 0.3 is 0 Å². The molecule has 1 aromatic carbocycles. The standard InChI is InChI=1S/C10H11BrClNO2S/c1-7-5-10(16-4-2-3-12)8(11)6-9(7)13(14)15/h5-6H,2-4H2,1H3. The SMILES string of the molecule is Cc1cc(SCCCCl)c(Br)cc1[N+](=O)[O-]. The van der Waals surface area contributed by atoms with Crippen LogP contribution in [0.3, 0.4) is 0 Å². The van der Waals surface area contributed by atoms with E-state index in [1.165, 1.54) is 0 Å². The van der Waals surface area contributed by atoms with Crippen molar-refractivity contribution in [1.82, 2.24) is 0 Å². The van der Waals surface area contributed by atoms with E-state index in [0.717, 1.165) is 21.5 Å². The topological polar surface area (TPSA) is 43.1 Å². The van der Waals surface area contributed by atoms with E-state index >= 15 is 0 Å². The molecule has 0 atom stereocenters. The number of nitro groups is 1. The van der Waals surface area contributed by atoms with Crippen LogP contribution in [0.4, 0.5) is 5.69 Å². The number of hydrogen-bond acceptors (Lipinski definition) is 3. The van der Waals surface area contributed by atoms with E-state index in [1.54, 1.807) is 24.8 Å². The smallest absolute Gasteiger partial charge is 0.258 e. The normalized spacial score (nSPS) is 10.4. The predicted molar refractivity (Wildman–Crippen MR) is 71.6 cm³/mol. The van der Waals surface area contributed by atoms with Crippen LogP contribution in [0.15, 0.2) is 21.5 Å². The molecule has 0 unspecified atom stereocenters. The number of thioether (sulfide) groups is 1. The van der Waals surface area contributed by atoms with E-state index in [9.17, 15) is 10.1 Å². The molecular formula is C10H11BrClNO2S. The number of hydrogen-bond donors (Lipinski definition) is 0. The molecule has 0 fully saturated rings. The van der Waals surface area contributed by atoms with E-state index in [-0.39, 0.29) is 10.6 Å². The quantitative estimate of drug-likeness (QED) is 0.265. The third-order valence-electron chi connectivity index (χ3n) is 1.98. The summed E-state index contributed by atoms with van der Waals surface area (Å²) < 4.78 is 0.768. The molecule has 3 nitrogen and oxygen atoms in total. The predicted octanol–water partition coefficient (Wildman–Crippen LogP) is 4.39. The molecule has 1 rings (SSSR count). The first kappa shape index (κ1) is 13.8. The zero-order chi connectivity index (χ0) is 12.1. The second-order valence-corrected chi connectivity index (χ2v) is 5.59. The van der Waals surface area contributed by atoms with Crippen LogP contribution in [0.1, 0.15) is 12.0 Å². The zero-order valence-electron chi connectivity index (χ0n) is 8.70. The van der Waals surface area contributed by atoms with Crippen LogP contribution < -0.4 is 0 Å². The summed E-state index contributed by atoms with van der Waals surface area (Å²) in [6.45, 7) is 1.75. The van der Waals surface area contributed by atoms with Crippen LogP contribution in [-0.4, -0.2) is 16.6 Å². The lowest BCUT2D eigenvalue weighted by molar-refractivity contribution is -0.385. The van der Waals surface area contributed by atoms with Gasteiger partial charge in [-0.05, 0) is 41.1 Å². The fraction of sp³-hybridized carbons (Fsp3) is 0.400. The average molecular weight is 325 g/mol. The van der Waals surface area contributed by atoms with Crippen LogP contribution in [0.5, 0.6) is 0 Å². The number of halogens is 2. The maximum absolute atomic E-state index is 10.7. The van der Waals surface area contributed by atoms with Crippen molar-refractivity contribution in [2.24, 2.45) is 0 Å². The Hall–Kier alpha value is -0.260. The number of nitro benzene ring substituents is 1. The fourth-order valence-corrected chi connectivity index (χ4v) is 3.12. The summed E-state index contributed by atoms with van der Waals surface area (Å²) in [6.07, 6.45) is 0.925. The Balaban J connectivity index is 2.88. The fourth-order valence-electron chi connectivity index (χ4n) is 1.19. The molecule has 0 bridgehead atoms. The number of benzene rings is 1. The molecule has 0 saturated heterocycles. The summed E-state index contributed by atoms with van der Waals surface area (Å²) in [5.41, 5.74) is 0.829.